The number of hydrogen-bond donors (Lipinski definition) is 1. The number of rotatable bonds is 4. The van der Waals surface area contributed by atoms with Crippen LogP contribution in [0, 0.1) is 10.1 Å². The van der Waals surface area contributed by atoms with Crippen LogP contribution >= 0.6 is 27.3 Å². The van der Waals surface area contributed by atoms with Gasteiger partial charge in [0, 0.05) is 21.8 Å². The maximum Gasteiger partial charge on any atom is 0.300 e. The van der Waals surface area contributed by atoms with E-state index in [0.29, 0.717) is 6.54 Å². The third-order valence-corrected chi connectivity index (χ3v) is 4.38. The highest BCUT2D eigenvalue weighted by molar-refractivity contribution is 9.10. The summed E-state index contributed by atoms with van der Waals surface area (Å²) in [6, 6.07) is 3.12. The van der Waals surface area contributed by atoms with Crippen molar-refractivity contribution in [3.63, 3.8) is 0 Å². The fraction of sp³-hybridized carbons (Fsp3) is 0.167. The number of thiophene rings is 1. The minimum atomic E-state index is -0.644. The molecule has 0 saturated heterocycles. The van der Waals surface area contributed by atoms with Crippen molar-refractivity contribution in [3.05, 3.63) is 48.7 Å². The molecular formula is C12H11BrN4O3S. The van der Waals surface area contributed by atoms with E-state index in [1.807, 2.05) is 11.4 Å². The first-order valence-electron chi connectivity index (χ1n) is 5.76. The molecule has 0 aliphatic heterocycles. The number of hydrogen-bond acceptors (Lipinski definition) is 6. The number of nitrogens with zero attached hydrogens (tertiary/aromatic N) is 3. The summed E-state index contributed by atoms with van der Waals surface area (Å²) in [5, 5.41) is 12.9. The number of carbonyl (C=O) groups excluding carboxylic acids is 1. The summed E-state index contributed by atoms with van der Waals surface area (Å²) in [5.41, 5.74) is 5.10. The van der Waals surface area contributed by atoms with Gasteiger partial charge in [-0.05, 0) is 28.1 Å². The van der Waals surface area contributed by atoms with Gasteiger partial charge in [0.15, 0.2) is 0 Å². The molecule has 0 radical (unpaired) electrons. The lowest BCUT2D eigenvalue weighted by Gasteiger charge is -2.16. The fourth-order valence-electron chi connectivity index (χ4n) is 1.73. The molecule has 2 N–H and O–H groups in total. The quantitative estimate of drug-likeness (QED) is 0.658. The Hall–Kier alpha value is -2.00. The van der Waals surface area contributed by atoms with Gasteiger partial charge in [-0.3, -0.25) is 14.9 Å². The van der Waals surface area contributed by atoms with E-state index in [1.54, 1.807) is 7.05 Å². The number of amides is 1. The third-order valence-electron chi connectivity index (χ3n) is 2.69. The van der Waals surface area contributed by atoms with E-state index in [1.165, 1.54) is 22.3 Å². The summed E-state index contributed by atoms with van der Waals surface area (Å²) in [4.78, 5) is 28.7. The van der Waals surface area contributed by atoms with Crippen LogP contribution in [0.5, 0.6) is 0 Å². The standard InChI is InChI=1S/C12H11BrN4O3S/c1-16(5-8-2-7(13)6-21-8)12(18)9-3-11(14)15-4-10(9)17(19)20/h2-4,6H,5H2,1H3,(H2,14,15). The van der Waals surface area contributed by atoms with Gasteiger partial charge >= 0.3 is 0 Å². The van der Waals surface area contributed by atoms with Crippen LogP contribution < -0.4 is 5.73 Å². The molecule has 110 valence electrons. The summed E-state index contributed by atoms with van der Waals surface area (Å²) >= 11 is 4.83. The molecule has 21 heavy (non-hydrogen) atoms. The second-order valence-corrected chi connectivity index (χ2v) is 6.19. The van der Waals surface area contributed by atoms with Crippen molar-refractivity contribution in [1.29, 1.82) is 0 Å². The van der Waals surface area contributed by atoms with Gasteiger partial charge in [-0.25, -0.2) is 4.98 Å². The topological polar surface area (TPSA) is 102 Å². The molecule has 0 aliphatic rings. The van der Waals surface area contributed by atoms with E-state index in [9.17, 15) is 14.9 Å². The summed E-state index contributed by atoms with van der Waals surface area (Å²) in [7, 11) is 1.58. The normalized spacial score (nSPS) is 10.4. The van der Waals surface area contributed by atoms with Gasteiger partial charge in [-0.1, -0.05) is 0 Å². The monoisotopic (exact) mass is 370 g/mol. The van der Waals surface area contributed by atoms with E-state index < -0.39 is 10.8 Å². The van der Waals surface area contributed by atoms with Crippen LogP contribution in [0.2, 0.25) is 0 Å². The smallest absolute Gasteiger partial charge is 0.300 e. The van der Waals surface area contributed by atoms with E-state index >= 15 is 0 Å². The molecule has 0 fully saturated rings. The van der Waals surface area contributed by atoms with E-state index in [4.69, 9.17) is 5.73 Å². The molecule has 0 spiro atoms. The Kier molecular flexibility index (Phi) is 4.53. The van der Waals surface area contributed by atoms with Crippen molar-refractivity contribution < 1.29 is 9.72 Å². The molecule has 0 aliphatic carbocycles. The average molecular weight is 371 g/mol. The number of anilines is 1. The number of aromatic nitrogens is 1. The Morgan fingerprint density at radius 2 is 2.29 bits per heavy atom. The van der Waals surface area contributed by atoms with Crippen LogP contribution in [-0.2, 0) is 6.54 Å². The van der Waals surface area contributed by atoms with Gasteiger partial charge in [0.25, 0.3) is 11.6 Å². The van der Waals surface area contributed by atoms with Crippen LogP contribution in [0.4, 0.5) is 11.5 Å². The average Bonchev–Trinajstić information content (AvgIpc) is 2.82. The molecule has 2 aromatic heterocycles. The SMILES string of the molecule is CN(Cc1cc(Br)cs1)C(=O)c1cc(N)ncc1[N+](=O)[O-]. The third kappa shape index (κ3) is 3.56. The van der Waals surface area contributed by atoms with Gasteiger partial charge in [0.05, 0.1) is 11.5 Å². The van der Waals surface area contributed by atoms with Crippen molar-refractivity contribution in [2.75, 3.05) is 12.8 Å². The van der Waals surface area contributed by atoms with E-state index in [-0.39, 0.29) is 17.1 Å². The predicted octanol–water partition coefficient (Wildman–Crippen LogP) is 2.67. The molecule has 2 aromatic rings. The lowest BCUT2D eigenvalue weighted by atomic mass is 10.2. The minimum Gasteiger partial charge on any atom is -0.384 e. The lowest BCUT2D eigenvalue weighted by Crippen LogP contribution is -2.26. The van der Waals surface area contributed by atoms with Gasteiger partial charge in [0.2, 0.25) is 0 Å². The molecule has 0 aromatic carbocycles. The molecule has 2 heterocycles. The fourth-order valence-corrected chi connectivity index (χ4v) is 3.23. The van der Waals surface area contributed by atoms with Crippen LogP contribution in [0.25, 0.3) is 0 Å². The molecule has 0 saturated carbocycles. The Labute approximate surface area is 132 Å². The van der Waals surface area contributed by atoms with Crippen LogP contribution in [0.15, 0.2) is 28.2 Å². The molecule has 7 nitrogen and oxygen atoms in total. The molecule has 9 heteroatoms. The zero-order chi connectivity index (χ0) is 15.6. The molecule has 0 bridgehead atoms. The summed E-state index contributed by atoms with van der Waals surface area (Å²) in [6.45, 7) is 0.356. The highest BCUT2D eigenvalue weighted by atomic mass is 79.9. The molecule has 0 atom stereocenters. The van der Waals surface area contributed by atoms with Crippen LogP contribution in [0.3, 0.4) is 0 Å². The number of nitro groups is 1. The zero-order valence-corrected chi connectivity index (χ0v) is 13.3. The maximum atomic E-state index is 12.4. The van der Waals surface area contributed by atoms with Crippen LogP contribution in [0.1, 0.15) is 15.2 Å². The molecular weight excluding hydrogens is 360 g/mol. The first kappa shape index (κ1) is 15.4. The molecule has 0 unspecified atom stereocenters. The zero-order valence-electron chi connectivity index (χ0n) is 10.9. The Morgan fingerprint density at radius 3 is 2.86 bits per heavy atom. The number of nitrogen functional groups attached to an aromatic ring is 1. The van der Waals surface area contributed by atoms with Crippen molar-refractivity contribution in [1.82, 2.24) is 9.88 Å². The lowest BCUT2D eigenvalue weighted by molar-refractivity contribution is -0.385. The highest BCUT2D eigenvalue weighted by Crippen LogP contribution is 2.24. The van der Waals surface area contributed by atoms with Crippen LogP contribution in [-0.4, -0.2) is 27.8 Å². The summed E-state index contributed by atoms with van der Waals surface area (Å²) in [5.74, 6) is -0.406. The second-order valence-electron chi connectivity index (χ2n) is 4.28. The molecule has 2 rings (SSSR count). The second kappa shape index (κ2) is 6.19. The summed E-state index contributed by atoms with van der Waals surface area (Å²) < 4.78 is 0.933. The Morgan fingerprint density at radius 1 is 1.57 bits per heavy atom. The first-order valence-corrected chi connectivity index (χ1v) is 7.44. The largest absolute Gasteiger partial charge is 0.384 e. The minimum absolute atomic E-state index is 0.0642. The van der Waals surface area contributed by atoms with Gasteiger partial charge < -0.3 is 10.6 Å². The number of pyridine rings is 1. The number of halogens is 1. The Balaban J connectivity index is 2.26. The maximum absolute atomic E-state index is 12.4. The van der Waals surface area contributed by atoms with Gasteiger partial charge in [-0.2, -0.15) is 0 Å². The Bertz CT molecular complexity index is 704. The predicted molar refractivity (Wildman–Crippen MR) is 83.1 cm³/mol. The summed E-state index contributed by atoms with van der Waals surface area (Å²) in [6.07, 6.45) is 0.998. The van der Waals surface area contributed by atoms with E-state index in [0.717, 1.165) is 15.5 Å². The number of nitrogens with two attached hydrogens (primary N) is 1. The molecule has 1 amide bonds. The van der Waals surface area contributed by atoms with Crippen molar-refractivity contribution in [3.8, 4) is 0 Å². The van der Waals surface area contributed by atoms with E-state index in [2.05, 4.69) is 20.9 Å². The highest BCUT2D eigenvalue weighted by Gasteiger charge is 2.24. The first-order chi connectivity index (χ1) is 9.88. The van der Waals surface area contributed by atoms with Gasteiger partial charge in [0.1, 0.15) is 17.6 Å². The number of carbonyl (C=O) groups is 1. The van der Waals surface area contributed by atoms with Crippen molar-refractivity contribution in [2.45, 2.75) is 6.54 Å². The van der Waals surface area contributed by atoms with Crippen molar-refractivity contribution in [2.24, 2.45) is 0 Å². The van der Waals surface area contributed by atoms with Crippen molar-refractivity contribution >= 4 is 44.7 Å². The van der Waals surface area contributed by atoms with Gasteiger partial charge in [-0.15, -0.1) is 11.3 Å².